The number of anilines is 1. The van der Waals surface area contributed by atoms with Gasteiger partial charge in [-0.3, -0.25) is 0 Å². The lowest BCUT2D eigenvalue weighted by atomic mass is 10.0. The second-order valence-corrected chi connectivity index (χ2v) is 4.37. The SMILES string of the molecule is CN1CCn2c1ccc2C(C)(C)N. The van der Waals surface area contributed by atoms with Gasteiger partial charge in [0.25, 0.3) is 0 Å². The molecule has 0 radical (unpaired) electrons. The molecule has 0 fully saturated rings. The quantitative estimate of drug-likeness (QED) is 0.701. The molecule has 2 N–H and O–H groups in total. The normalized spacial score (nSPS) is 16.5. The Balaban J connectivity index is 2.47. The molecule has 72 valence electrons. The molecule has 0 bridgehead atoms. The molecule has 0 aliphatic carbocycles. The van der Waals surface area contributed by atoms with Crippen LogP contribution in [-0.2, 0) is 12.1 Å². The number of nitrogens with two attached hydrogens (primary N) is 1. The molecule has 3 nitrogen and oxygen atoms in total. The van der Waals surface area contributed by atoms with Crippen molar-refractivity contribution >= 4 is 5.82 Å². The number of rotatable bonds is 1. The van der Waals surface area contributed by atoms with Crippen molar-refractivity contribution in [3.63, 3.8) is 0 Å². The van der Waals surface area contributed by atoms with E-state index in [9.17, 15) is 0 Å². The van der Waals surface area contributed by atoms with Crippen LogP contribution in [-0.4, -0.2) is 18.2 Å². The Kier molecular flexibility index (Phi) is 1.67. The highest BCUT2D eigenvalue weighted by atomic mass is 15.3. The molecule has 0 saturated heterocycles. The van der Waals surface area contributed by atoms with Gasteiger partial charge in [0.1, 0.15) is 5.82 Å². The molecule has 13 heavy (non-hydrogen) atoms. The second-order valence-electron chi connectivity index (χ2n) is 4.37. The second kappa shape index (κ2) is 2.51. The van der Waals surface area contributed by atoms with E-state index in [0.29, 0.717) is 0 Å². The van der Waals surface area contributed by atoms with Crippen LogP contribution in [0, 0.1) is 0 Å². The standard InChI is InChI=1S/C10H17N3/c1-10(2,11)8-4-5-9-12(3)6-7-13(8)9/h4-5H,6-7,11H2,1-3H3. The van der Waals surface area contributed by atoms with E-state index < -0.39 is 0 Å². The maximum absolute atomic E-state index is 6.08. The van der Waals surface area contributed by atoms with Gasteiger partial charge >= 0.3 is 0 Å². The first-order valence-electron chi connectivity index (χ1n) is 4.70. The highest BCUT2D eigenvalue weighted by Gasteiger charge is 2.25. The van der Waals surface area contributed by atoms with E-state index >= 15 is 0 Å². The summed E-state index contributed by atoms with van der Waals surface area (Å²) < 4.78 is 2.31. The van der Waals surface area contributed by atoms with Gasteiger partial charge < -0.3 is 15.2 Å². The van der Waals surface area contributed by atoms with Crippen LogP contribution >= 0.6 is 0 Å². The van der Waals surface area contributed by atoms with Crippen LogP contribution in [0.25, 0.3) is 0 Å². The van der Waals surface area contributed by atoms with E-state index in [1.165, 1.54) is 11.5 Å². The largest absolute Gasteiger partial charge is 0.359 e. The molecule has 1 aromatic heterocycles. The fraction of sp³-hybridized carbons (Fsp3) is 0.600. The number of hydrogen-bond acceptors (Lipinski definition) is 2. The monoisotopic (exact) mass is 179 g/mol. The Morgan fingerprint density at radius 3 is 2.62 bits per heavy atom. The smallest absolute Gasteiger partial charge is 0.108 e. The van der Waals surface area contributed by atoms with Crippen LogP contribution in [0.5, 0.6) is 0 Å². The van der Waals surface area contributed by atoms with Crippen LogP contribution in [0.3, 0.4) is 0 Å². The van der Waals surface area contributed by atoms with Crippen molar-refractivity contribution in [1.82, 2.24) is 4.57 Å². The Morgan fingerprint density at radius 1 is 1.31 bits per heavy atom. The molecule has 2 heterocycles. The molecule has 0 atom stereocenters. The fourth-order valence-corrected chi connectivity index (χ4v) is 1.95. The van der Waals surface area contributed by atoms with Gasteiger partial charge in [0.2, 0.25) is 0 Å². The molecule has 0 amide bonds. The summed E-state index contributed by atoms with van der Waals surface area (Å²) in [5, 5.41) is 0. The highest BCUT2D eigenvalue weighted by Crippen LogP contribution is 2.28. The molecule has 2 rings (SSSR count). The predicted molar refractivity (Wildman–Crippen MR) is 54.9 cm³/mol. The summed E-state index contributed by atoms with van der Waals surface area (Å²) in [5.41, 5.74) is 7.08. The molecule has 0 spiro atoms. The molecule has 0 unspecified atom stereocenters. The average molecular weight is 179 g/mol. The van der Waals surface area contributed by atoms with E-state index in [2.05, 4.69) is 28.6 Å². The molecular weight excluding hydrogens is 162 g/mol. The zero-order valence-corrected chi connectivity index (χ0v) is 8.54. The van der Waals surface area contributed by atoms with Crippen LogP contribution in [0.15, 0.2) is 12.1 Å². The van der Waals surface area contributed by atoms with Gasteiger partial charge in [0.15, 0.2) is 0 Å². The molecular formula is C10H17N3. The van der Waals surface area contributed by atoms with Crippen LogP contribution in [0.1, 0.15) is 19.5 Å². The van der Waals surface area contributed by atoms with Crippen molar-refractivity contribution < 1.29 is 0 Å². The summed E-state index contributed by atoms with van der Waals surface area (Å²) in [7, 11) is 2.12. The fourth-order valence-electron chi connectivity index (χ4n) is 1.95. The summed E-state index contributed by atoms with van der Waals surface area (Å²) in [4.78, 5) is 2.26. The predicted octanol–water partition coefficient (Wildman–Crippen LogP) is 1.13. The topological polar surface area (TPSA) is 34.2 Å². The molecule has 0 saturated carbocycles. The zero-order valence-electron chi connectivity index (χ0n) is 8.54. The maximum atomic E-state index is 6.08. The molecule has 3 heteroatoms. The van der Waals surface area contributed by atoms with Gasteiger partial charge in [-0.15, -0.1) is 0 Å². The van der Waals surface area contributed by atoms with Crippen molar-refractivity contribution in [1.29, 1.82) is 0 Å². The van der Waals surface area contributed by atoms with Crippen LogP contribution < -0.4 is 10.6 Å². The van der Waals surface area contributed by atoms with E-state index in [4.69, 9.17) is 5.73 Å². The third kappa shape index (κ3) is 1.23. The van der Waals surface area contributed by atoms with Gasteiger partial charge in [0.05, 0.1) is 5.54 Å². The van der Waals surface area contributed by atoms with Crippen LogP contribution in [0.2, 0.25) is 0 Å². The molecule has 1 aromatic rings. The van der Waals surface area contributed by atoms with E-state index in [1.807, 2.05) is 13.8 Å². The Morgan fingerprint density at radius 2 is 2.00 bits per heavy atom. The first-order chi connectivity index (χ1) is 6.00. The number of aromatic nitrogens is 1. The Bertz CT molecular complexity index is 319. The van der Waals surface area contributed by atoms with Crippen molar-refractivity contribution in [3.8, 4) is 0 Å². The highest BCUT2D eigenvalue weighted by molar-refractivity contribution is 5.46. The first kappa shape index (κ1) is 8.63. The van der Waals surface area contributed by atoms with Crippen LogP contribution in [0.4, 0.5) is 5.82 Å². The lowest BCUT2D eigenvalue weighted by Crippen LogP contribution is -2.31. The number of likely N-dealkylation sites (N-methyl/N-ethyl adjacent to an activating group) is 1. The first-order valence-corrected chi connectivity index (χ1v) is 4.70. The van der Waals surface area contributed by atoms with E-state index in [1.54, 1.807) is 0 Å². The zero-order chi connectivity index (χ0) is 9.64. The van der Waals surface area contributed by atoms with Crippen molar-refractivity contribution in [2.45, 2.75) is 25.9 Å². The van der Waals surface area contributed by atoms with Gasteiger partial charge in [0, 0.05) is 25.8 Å². The van der Waals surface area contributed by atoms with E-state index in [0.717, 1.165) is 13.1 Å². The average Bonchev–Trinajstić information content (AvgIpc) is 2.51. The van der Waals surface area contributed by atoms with Gasteiger partial charge in [-0.2, -0.15) is 0 Å². The minimum Gasteiger partial charge on any atom is -0.359 e. The summed E-state index contributed by atoms with van der Waals surface area (Å²) in [6.45, 7) is 6.26. The molecule has 0 aromatic carbocycles. The molecule has 1 aliphatic heterocycles. The van der Waals surface area contributed by atoms with Crippen molar-refractivity contribution in [2.24, 2.45) is 5.73 Å². The van der Waals surface area contributed by atoms with Crippen molar-refractivity contribution in [3.05, 3.63) is 17.8 Å². The Hall–Kier alpha value is -0.960. The minimum absolute atomic E-state index is 0.233. The van der Waals surface area contributed by atoms with Gasteiger partial charge in [-0.25, -0.2) is 0 Å². The summed E-state index contributed by atoms with van der Waals surface area (Å²) in [5.74, 6) is 1.29. The lowest BCUT2D eigenvalue weighted by molar-refractivity contribution is 0.506. The number of fused-ring (bicyclic) bond motifs is 1. The summed E-state index contributed by atoms with van der Waals surface area (Å²) in [6, 6.07) is 4.28. The Labute approximate surface area is 79.1 Å². The third-order valence-electron chi connectivity index (χ3n) is 2.67. The summed E-state index contributed by atoms with van der Waals surface area (Å²) >= 11 is 0. The summed E-state index contributed by atoms with van der Waals surface area (Å²) in [6.07, 6.45) is 0. The minimum atomic E-state index is -0.233. The van der Waals surface area contributed by atoms with Gasteiger partial charge in [-0.05, 0) is 26.0 Å². The lowest BCUT2D eigenvalue weighted by Gasteiger charge is -2.20. The van der Waals surface area contributed by atoms with E-state index in [-0.39, 0.29) is 5.54 Å². The van der Waals surface area contributed by atoms with Gasteiger partial charge in [-0.1, -0.05) is 0 Å². The molecule has 1 aliphatic rings. The number of nitrogens with zero attached hydrogens (tertiary/aromatic N) is 2. The maximum Gasteiger partial charge on any atom is 0.108 e. The number of hydrogen-bond donors (Lipinski definition) is 1. The third-order valence-corrected chi connectivity index (χ3v) is 2.67. The van der Waals surface area contributed by atoms with Crippen molar-refractivity contribution in [2.75, 3.05) is 18.5 Å².